The van der Waals surface area contributed by atoms with Gasteiger partial charge in [-0.05, 0) is 0 Å². The highest BCUT2D eigenvalue weighted by Crippen LogP contribution is 2.04. The van der Waals surface area contributed by atoms with Gasteiger partial charge in [0.05, 0.1) is 0 Å². The lowest BCUT2D eigenvalue weighted by molar-refractivity contribution is -0.427. The van der Waals surface area contributed by atoms with Gasteiger partial charge in [0.1, 0.15) is 0 Å². The summed E-state index contributed by atoms with van der Waals surface area (Å²) < 4.78 is 0. The van der Waals surface area contributed by atoms with Crippen LogP contribution in [-0.2, 0) is 9.98 Å². The van der Waals surface area contributed by atoms with Gasteiger partial charge in [0, 0.05) is 14.1 Å². The number of carbonyl (C=O) groups is 1. The third-order valence-electron chi connectivity index (χ3n) is 0.796. The molecule has 1 aliphatic heterocycles. The SMILES string of the molecule is CN1OON(C)C1=O. The zero-order chi connectivity index (χ0) is 6.15. The summed E-state index contributed by atoms with van der Waals surface area (Å²) in [6.45, 7) is 0. The highest BCUT2D eigenvalue weighted by atomic mass is 17.4. The van der Waals surface area contributed by atoms with Crippen LogP contribution in [0, 0.1) is 0 Å². The number of nitrogens with zero attached hydrogens (tertiary/aromatic N) is 2. The van der Waals surface area contributed by atoms with Crippen molar-refractivity contribution >= 4 is 6.03 Å². The second kappa shape index (κ2) is 1.61. The molecule has 0 aromatic rings. The molecule has 0 spiro atoms. The first kappa shape index (κ1) is 5.33. The molecule has 5 heteroatoms. The zero-order valence-electron chi connectivity index (χ0n) is 4.62. The van der Waals surface area contributed by atoms with Crippen LogP contribution in [0.5, 0.6) is 0 Å². The largest absolute Gasteiger partial charge is 0.372 e. The minimum absolute atomic E-state index is 0.315. The molecule has 5 nitrogen and oxygen atoms in total. The van der Waals surface area contributed by atoms with Crippen LogP contribution in [0.1, 0.15) is 0 Å². The third-order valence-corrected chi connectivity index (χ3v) is 0.796. The fourth-order valence-electron chi connectivity index (χ4n) is 0.362. The fourth-order valence-corrected chi connectivity index (χ4v) is 0.362. The van der Waals surface area contributed by atoms with Gasteiger partial charge < -0.3 is 0 Å². The van der Waals surface area contributed by atoms with Gasteiger partial charge in [0.2, 0.25) is 0 Å². The van der Waals surface area contributed by atoms with Crippen LogP contribution in [0.3, 0.4) is 0 Å². The van der Waals surface area contributed by atoms with Gasteiger partial charge in [-0.3, -0.25) is 0 Å². The van der Waals surface area contributed by atoms with E-state index < -0.39 is 0 Å². The molecule has 1 fully saturated rings. The summed E-state index contributed by atoms with van der Waals surface area (Å²) >= 11 is 0. The van der Waals surface area contributed by atoms with E-state index in [4.69, 9.17) is 0 Å². The first-order valence-corrected chi connectivity index (χ1v) is 2.08. The van der Waals surface area contributed by atoms with E-state index in [0.29, 0.717) is 0 Å². The highest BCUT2D eigenvalue weighted by molar-refractivity contribution is 5.72. The number of amides is 2. The van der Waals surface area contributed by atoms with Crippen molar-refractivity contribution in [2.24, 2.45) is 0 Å². The molecular weight excluding hydrogens is 112 g/mol. The van der Waals surface area contributed by atoms with Gasteiger partial charge in [-0.15, -0.1) is 0 Å². The van der Waals surface area contributed by atoms with Crippen LogP contribution in [0.2, 0.25) is 0 Å². The van der Waals surface area contributed by atoms with E-state index in [9.17, 15) is 4.79 Å². The second-order valence-electron chi connectivity index (χ2n) is 1.43. The van der Waals surface area contributed by atoms with Crippen molar-refractivity contribution in [2.75, 3.05) is 14.1 Å². The van der Waals surface area contributed by atoms with E-state index in [1.165, 1.54) is 14.1 Å². The molecule has 0 aliphatic carbocycles. The monoisotopic (exact) mass is 118 g/mol. The van der Waals surface area contributed by atoms with Gasteiger partial charge in [-0.25, -0.2) is 4.79 Å². The van der Waals surface area contributed by atoms with Crippen LogP contribution in [0.15, 0.2) is 0 Å². The minimum Gasteiger partial charge on any atom is -0.243 e. The average molecular weight is 118 g/mol. The Kier molecular flexibility index (Phi) is 1.07. The molecule has 1 saturated heterocycles. The number of hydroxylamine groups is 4. The van der Waals surface area contributed by atoms with E-state index in [0.717, 1.165) is 10.1 Å². The van der Waals surface area contributed by atoms with Crippen molar-refractivity contribution in [1.82, 2.24) is 10.1 Å². The Bertz CT molecular complexity index is 103. The molecule has 0 saturated carbocycles. The Balaban J connectivity index is 2.57. The van der Waals surface area contributed by atoms with Gasteiger partial charge in [0.15, 0.2) is 0 Å². The lowest BCUT2D eigenvalue weighted by Crippen LogP contribution is -2.24. The fraction of sp³-hybridized carbons (Fsp3) is 0.667. The Hall–Kier alpha value is -0.810. The molecule has 1 rings (SSSR count). The molecule has 0 unspecified atom stereocenters. The summed E-state index contributed by atoms with van der Waals surface area (Å²) in [7, 11) is 2.93. The molecule has 8 heavy (non-hydrogen) atoms. The van der Waals surface area contributed by atoms with Crippen LogP contribution >= 0.6 is 0 Å². The summed E-state index contributed by atoms with van der Waals surface area (Å²) in [5.41, 5.74) is 0. The highest BCUT2D eigenvalue weighted by Gasteiger charge is 2.24. The molecule has 46 valence electrons. The van der Waals surface area contributed by atoms with Crippen molar-refractivity contribution < 1.29 is 14.8 Å². The van der Waals surface area contributed by atoms with Gasteiger partial charge in [-0.1, -0.05) is 9.98 Å². The lowest BCUT2D eigenvalue weighted by Gasteiger charge is -1.98. The predicted octanol–water partition coefficient (Wildman–Crippen LogP) is -0.238. The Morgan fingerprint density at radius 3 is 1.75 bits per heavy atom. The summed E-state index contributed by atoms with van der Waals surface area (Å²) in [5.74, 6) is 0. The lowest BCUT2D eigenvalue weighted by atomic mass is 10.9. The van der Waals surface area contributed by atoms with Crippen LogP contribution in [-0.4, -0.2) is 30.3 Å². The topological polar surface area (TPSA) is 42.0 Å². The molecular formula is C3H6N2O3. The Labute approximate surface area is 46.2 Å². The Morgan fingerprint density at radius 2 is 1.62 bits per heavy atom. The van der Waals surface area contributed by atoms with Crippen LogP contribution in [0.4, 0.5) is 4.79 Å². The van der Waals surface area contributed by atoms with E-state index in [1.54, 1.807) is 0 Å². The average Bonchev–Trinajstić information content (AvgIpc) is 1.98. The van der Waals surface area contributed by atoms with Crippen molar-refractivity contribution in [3.63, 3.8) is 0 Å². The second-order valence-corrected chi connectivity index (χ2v) is 1.43. The maximum atomic E-state index is 10.5. The Morgan fingerprint density at radius 1 is 1.25 bits per heavy atom. The third kappa shape index (κ3) is 0.613. The predicted molar refractivity (Wildman–Crippen MR) is 23.1 cm³/mol. The molecule has 0 N–H and O–H groups in total. The van der Waals surface area contributed by atoms with Crippen LogP contribution in [0.25, 0.3) is 0 Å². The smallest absolute Gasteiger partial charge is 0.243 e. The standard InChI is InChI=1S/C3H6N2O3/c1-4-3(6)5(2)8-7-4/h1-2H3. The van der Waals surface area contributed by atoms with E-state index >= 15 is 0 Å². The molecule has 0 atom stereocenters. The molecule has 1 aliphatic rings. The van der Waals surface area contributed by atoms with E-state index in [1.807, 2.05) is 0 Å². The quantitative estimate of drug-likeness (QED) is 0.412. The number of urea groups is 1. The maximum Gasteiger partial charge on any atom is 0.372 e. The molecule has 2 amide bonds. The van der Waals surface area contributed by atoms with Crippen molar-refractivity contribution in [3.05, 3.63) is 0 Å². The van der Waals surface area contributed by atoms with Crippen LogP contribution < -0.4 is 0 Å². The molecule has 0 bridgehead atoms. The summed E-state index contributed by atoms with van der Waals surface area (Å²) in [6, 6.07) is -0.315. The summed E-state index contributed by atoms with van der Waals surface area (Å²) in [5, 5.41) is 1.97. The number of hydrogen-bond acceptors (Lipinski definition) is 3. The molecule has 1 heterocycles. The summed E-state index contributed by atoms with van der Waals surface area (Å²) in [6.07, 6.45) is 0. The van der Waals surface area contributed by atoms with Crippen molar-refractivity contribution in [2.45, 2.75) is 0 Å². The van der Waals surface area contributed by atoms with Gasteiger partial charge in [0.25, 0.3) is 0 Å². The first-order chi connectivity index (χ1) is 3.72. The molecule has 0 radical (unpaired) electrons. The maximum absolute atomic E-state index is 10.5. The van der Waals surface area contributed by atoms with Crippen molar-refractivity contribution in [3.8, 4) is 0 Å². The van der Waals surface area contributed by atoms with E-state index in [-0.39, 0.29) is 6.03 Å². The van der Waals surface area contributed by atoms with E-state index in [2.05, 4.69) is 9.98 Å². The number of carbonyl (C=O) groups excluding carboxylic acids is 1. The van der Waals surface area contributed by atoms with Crippen molar-refractivity contribution in [1.29, 1.82) is 0 Å². The zero-order valence-corrected chi connectivity index (χ0v) is 4.62. The van der Waals surface area contributed by atoms with Gasteiger partial charge >= 0.3 is 6.03 Å². The number of rotatable bonds is 0. The first-order valence-electron chi connectivity index (χ1n) is 2.08. The summed E-state index contributed by atoms with van der Waals surface area (Å²) in [4.78, 5) is 19.1. The molecule has 0 aromatic heterocycles. The molecule has 0 aromatic carbocycles. The number of hydrogen-bond donors (Lipinski definition) is 0. The van der Waals surface area contributed by atoms with Gasteiger partial charge in [-0.2, -0.15) is 10.1 Å². The normalized spacial score (nSPS) is 20.5. The minimum atomic E-state index is -0.315.